The lowest BCUT2D eigenvalue weighted by Gasteiger charge is -2.36. The van der Waals surface area contributed by atoms with Gasteiger partial charge in [0.1, 0.15) is 0 Å². The van der Waals surface area contributed by atoms with Gasteiger partial charge in [0.2, 0.25) is 0 Å². The van der Waals surface area contributed by atoms with Crippen molar-refractivity contribution in [3.05, 3.63) is 18.2 Å². The topological polar surface area (TPSA) is 61.6 Å². The number of carbonyl (C=O) groups is 1. The maximum absolute atomic E-state index is 11.6. The fourth-order valence-electron chi connectivity index (χ4n) is 2.43. The SMILES string of the molecule is CCN1CCN(c2ccc(NC(=O)C(Cl)(Cl)Cl)cc2N)CC1. The highest BCUT2D eigenvalue weighted by Crippen LogP contribution is 2.30. The van der Waals surface area contributed by atoms with Crippen LogP contribution in [0.15, 0.2) is 18.2 Å². The second-order valence-corrected chi connectivity index (χ2v) is 7.43. The van der Waals surface area contributed by atoms with Gasteiger partial charge < -0.3 is 20.9 Å². The zero-order valence-corrected chi connectivity index (χ0v) is 14.5. The number of nitrogen functional groups attached to an aromatic ring is 1. The number of anilines is 3. The molecule has 0 saturated carbocycles. The molecule has 0 bridgehead atoms. The Balaban J connectivity index is 2.06. The lowest BCUT2D eigenvalue weighted by Crippen LogP contribution is -2.46. The van der Waals surface area contributed by atoms with Gasteiger partial charge in [0, 0.05) is 31.9 Å². The van der Waals surface area contributed by atoms with Crippen LogP contribution in [-0.4, -0.2) is 47.3 Å². The first-order chi connectivity index (χ1) is 10.3. The first kappa shape index (κ1) is 17.5. The summed E-state index contributed by atoms with van der Waals surface area (Å²) in [6.45, 7) is 7.11. The predicted molar refractivity (Wildman–Crippen MR) is 94.1 cm³/mol. The minimum Gasteiger partial charge on any atom is -0.397 e. The smallest absolute Gasteiger partial charge is 0.276 e. The maximum atomic E-state index is 11.6. The number of nitrogens with one attached hydrogen (secondary N) is 1. The first-order valence-corrected chi connectivity index (χ1v) is 8.19. The Morgan fingerprint density at radius 2 is 1.91 bits per heavy atom. The average Bonchev–Trinajstić information content (AvgIpc) is 2.46. The molecule has 0 spiro atoms. The van der Waals surface area contributed by atoms with Crippen LogP contribution in [0.3, 0.4) is 0 Å². The summed E-state index contributed by atoms with van der Waals surface area (Å²) in [7, 11) is 0. The summed E-state index contributed by atoms with van der Waals surface area (Å²) < 4.78 is -2.00. The molecule has 2 rings (SSSR count). The highest BCUT2D eigenvalue weighted by molar-refractivity contribution is 6.76. The van der Waals surface area contributed by atoms with Crippen LogP contribution in [-0.2, 0) is 4.79 Å². The monoisotopic (exact) mass is 364 g/mol. The Labute approximate surface area is 145 Å². The van der Waals surface area contributed by atoms with Gasteiger partial charge in [0.05, 0.1) is 11.4 Å². The third kappa shape index (κ3) is 4.32. The van der Waals surface area contributed by atoms with Gasteiger partial charge in [-0.25, -0.2) is 0 Å². The molecule has 0 unspecified atom stereocenters. The van der Waals surface area contributed by atoms with Gasteiger partial charge in [-0.1, -0.05) is 41.7 Å². The van der Waals surface area contributed by atoms with Gasteiger partial charge in [-0.05, 0) is 24.7 Å². The van der Waals surface area contributed by atoms with Gasteiger partial charge in [-0.15, -0.1) is 0 Å². The van der Waals surface area contributed by atoms with E-state index in [9.17, 15) is 4.79 Å². The summed E-state index contributed by atoms with van der Waals surface area (Å²) in [6.07, 6.45) is 0. The minimum atomic E-state index is -2.00. The van der Waals surface area contributed by atoms with Crippen LogP contribution in [0.4, 0.5) is 17.1 Å². The molecule has 1 amide bonds. The van der Waals surface area contributed by atoms with Crippen molar-refractivity contribution < 1.29 is 4.79 Å². The summed E-state index contributed by atoms with van der Waals surface area (Å²) in [5.74, 6) is -0.707. The van der Waals surface area contributed by atoms with Crippen molar-refractivity contribution >= 4 is 57.8 Å². The quantitative estimate of drug-likeness (QED) is 0.638. The molecular weight excluding hydrogens is 347 g/mol. The van der Waals surface area contributed by atoms with Crippen molar-refractivity contribution in [1.82, 2.24) is 4.90 Å². The maximum Gasteiger partial charge on any atom is 0.276 e. The van der Waals surface area contributed by atoms with Crippen molar-refractivity contribution in [3.8, 4) is 0 Å². The van der Waals surface area contributed by atoms with Crippen LogP contribution >= 0.6 is 34.8 Å². The van der Waals surface area contributed by atoms with Crippen molar-refractivity contribution in [2.24, 2.45) is 0 Å². The van der Waals surface area contributed by atoms with Gasteiger partial charge >= 0.3 is 0 Å². The highest BCUT2D eigenvalue weighted by atomic mass is 35.6. The number of nitrogens with two attached hydrogens (primary N) is 1. The fraction of sp³-hybridized carbons (Fsp3) is 0.500. The van der Waals surface area contributed by atoms with E-state index in [1.807, 2.05) is 6.07 Å². The van der Waals surface area contributed by atoms with E-state index >= 15 is 0 Å². The van der Waals surface area contributed by atoms with Gasteiger partial charge in [0.15, 0.2) is 0 Å². The van der Waals surface area contributed by atoms with Crippen LogP contribution in [0.25, 0.3) is 0 Å². The average molecular weight is 366 g/mol. The molecule has 1 aromatic carbocycles. The van der Waals surface area contributed by atoms with Crippen LogP contribution in [0.5, 0.6) is 0 Å². The molecule has 0 aliphatic carbocycles. The molecular formula is C14H19Cl3N4O. The molecule has 0 atom stereocenters. The number of rotatable bonds is 3. The van der Waals surface area contributed by atoms with Crippen molar-refractivity contribution in [2.45, 2.75) is 10.7 Å². The van der Waals surface area contributed by atoms with E-state index in [1.54, 1.807) is 12.1 Å². The number of amides is 1. The summed E-state index contributed by atoms with van der Waals surface area (Å²) in [4.78, 5) is 16.3. The van der Waals surface area contributed by atoms with Crippen LogP contribution in [0.2, 0.25) is 0 Å². The number of hydrogen-bond acceptors (Lipinski definition) is 4. The van der Waals surface area contributed by atoms with Crippen molar-refractivity contribution in [2.75, 3.05) is 48.7 Å². The van der Waals surface area contributed by atoms with Crippen molar-refractivity contribution in [3.63, 3.8) is 0 Å². The van der Waals surface area contributed by atoms with E-state index in [-0.39, 0.29) is 0 Å². The highest BCUT2D eigenvalue weighted by Gasteiger charge is 2.30. The Morgan fingerprint density at radius 3 is 2.41 bits per heavy atom. The number of likely N-dealkylation sites (N-methyl/N-ethyl adjacent to an activating group) is 1. The molecule has 1 fully saturated rings. The summed E-state index contributed by atoms with van der Waals surface area (Å²) in [5, 5.41) is 2.53. The number of carbonyl (C=O) groups excluding carboxylic acids is 1. The van der Waals surface area contributed by atoms with E-state index in [2.05, 4.69) is 22.0 Å². The van der Waals surface area contributed by atoms with Gasteiger partial charge in [-0.3, -0.25) is 4.79 Å². The van der Waals surface area contributed by atoms with Crippen LogP contribution in [0.1, 0.15) is 6.92 Å². The molecule has 1 aliphatic heterocycles. The number of piperazine rings is 1. The second-order valence-electron chi connectivity index (χ2n) is 5.15. The lowest BCUT2D eigenvalue weighted by atomic mass is 10.2. The Hall–Kier alpha value is -0.880. The molecule has 1 saturated heterocycles. The van der Waals surface area contributed by atoms with E-state index < -0.39 is 9.70 Å². The molecule has 22 heavy (non-hydrogen) atoms. The molecule has 1 aliphatic rings. The molecule has 122 valence electrons. The minimum absolute atomic E-state index is 0.504. The summed E-state index contributed by atoms with van der Waals surface area (Å²) >= 11 is 16.6. The Kier molecular flexibility index (Phi) is 5.66. The second kappa shape index (κ2) is 7.13. The molecule has 3 N–H and O–H groups in total. The van der Waals surface area contributed by atoms with E-state index in [4.69, 9.17) is 40.5 Å². The fourth-order valence-corrected chi connectivity index (χ4v) is 2.57. The Morgan fingerprint density at radius 1 is 1.27 bits per heavy atom. The molecule has 1 aromatic rings. The summed E-state index contributed by atoms with van der Waals surface area (Å²) in [5.41, 5.74) is 8.15. The number of nitrogens with zero attached hydrogens (tertiary/aromatic N) is 2. The van der Waals surface area contributed by atoms with Crippen LogP contribution < -0.4 is 16.0 Å². The third-order valence-electron chi connectivity index (χ3n) is 3.70. The van der Waals surface area contributed by atoms with Gasteiger partial charge in [0.25, 0.3) is 9.70 Å². The number of alkyl halides is 3. The third-order valence-corrected chi connectivity index (χ3v) is 4.22. The number of halogens is 3. The zero-order chi connectivity index (χ0) is 16.3. The molecule has 1 heterocycles. The molecule has 0 radical (unpaired) electrons. The van der Waals surface area contributed by atoms with Crippen molar-refractivity contribution in [1.29, 1.82) is 0 Å². The normalized spacial score (nSPS) is 16.6. The van der Waals surface area contributed by atoms with Crippen LogP contribution in [0, 0.1) is 0 Å². The Bertz CT molecular complexity index is 539. The van der Waals surface area contributed by atoms with E-state index in [0.29, 0.717) is 11.4 Å². The zero-order valence-electron chi connectivity index (χ0n) is 12.3. The first-order valence-electron chi connectivity index (χ1n) is 7.06. The number of hydrogen-bond donors (Lipinski definition) is 2. The summed E-state index contributed by atoms with van der Waals surface area (Å²) in [6, 6.07) is 5.31. The molecule has 8 heteroatoms. The van der Waals surface area contributed by atoms with Gasteiger partial charge in [-0.2, -0.15) is 0 Å². The molecule has 5 nitrogen and oxygen atoms in total. The number of benzene rings is 1. The standard InChI is InChI=1S/C14H19Cl3N4O/c1-2-20-5-7-21(8-6-20)12-4-3-10(9-11(12)18)19-13(22)14(15,16)17/h3-4,9H,2,5-8,18H2,1H3,(H,19,22). The predicted octanol–water partition coefficient (Wildman–Crippen LogP) is 2.72. The van der Waals surface area contributed by atoms with E-state index in [1.165, 1.54) is 0 Å². The van der Waals surface area contributed by atoms with E-state index in [0.717, 1.165) is 38.4 Å². The molecule has 0 aromatic heterocycles. The largest absolute Gasteiger partial charge is 0.397 e. The lowest BCUT2D eigenvalue weighted by molar-refractivity contribution is -0.115.